The average Bonchev–Trinajstić information content (AvgIpc) is 2.16. The first-order valence-corrected chi connectivity index (χ1v) is 7.77. The first kappa shape index (κ1) is 16.3. The third-order valence-corrected chi connectivity index (χ3v) is 4.62. The van der Waals surface area contributed by atoms with Gasteiger partial charge in [0.2, 0.25) is 0 Å². The zero-order chi connectivity index (χ0) is 13.0. The van der Waals surface area contributed by atoms with Gasteiger partial charge in [0.15, 0.2) is 33.2 Å². The molecular weight excluding hydrogens is 278 g/mol. The minimum absolute atomic E-state index is 1.02. The maximum absolute atomic E-state index is 10.9. The van der Waals surface area contributed by atoms with Crippen molar-refractivity contribution in [1.29, 1.82) is 0 Å². The Hall–Kier alpha value is 0.290. The number of hydrogen-bond acceptors (Lipinski definition) is 4. The summed E-state index contributed by atoms with van der Waals surface area (Å²) in [6.45, 7) is 4.01. The number of hydrogen-bond donors (Lipinski definition) is 3. The van der Waals surface area contributed by atoms with Gasteiger partial charge in [-0.3, -0.25) is 4.90 Å². The largest absolute Gasteiger partial charge is 0.305 e. The molecule has 0 radical (unpaired) electrons. The Bertz CT molecular complexity index is 263. The Kier molecular flexibility index (Phi) is 7.01. The molecule has 0 fully saturated rings. The summed E-state index contributed by atoms with van der Waals surface area (Å²) in [4.78, 5) is 1.07. The van der Waals surface area contributed by atoms with Crippen molar-refractivity contribution in [3.05, 3.63) is 0 Å². The Morgan fingerprint density at radius 3 is 1.06 bits per heavy atom. The zero-order valence-corrected chi connectivity index (χ0v) is 11.4. The van der Waals surface area contributed by atoms with Gasteiger partial charge in [0, 0.05) is 0 Å². The van der Waals surface area contributed by atoms with Crippen molar-refractivity contribution in [3.63, 3.8) is 0 Å². The number of nitrogens with zero attached hydrogens (tertiary/aromatic N) is 1. The van der Waals surface area contributed by atoms with Crippen LogP contribution in [-0.4, -0.2) is 47.3 Å². The highest BCUT2D eigenvalue weighted by Crippen LogP contribution is 2.16. The molecule has 0 aromatic rings. The Balaban J connectivity index is 5.12. The van der Waals surface area contributed by atoms with Crippen LogP contribution in [0.5, 0.6) is 0 Å². The summed E-state index contributed by atoms with van der Waals surface area (Å²) in [5.41, 5.74) is 0. The summed E-state index contributed by atoms with van der Waals surface area (Å²) >= 11 is -6.84. The predicted octanol–water partition coefficient (Wildman–Crippen LogP) is -0.00850. The fourth-order valence-electron chi connectivity index (χ4n) is 1.20. The van der Waals surface area contributed by atoms with Crippen LogP contribution in [-0.2, 0) is 33.2 Å². The highest BCUT2D eigenvalue weighted by Gasteiger charge is 2.34. The van der Waals surface area contributed by atoms with E-state index in [0.29, 0.717) is 0 Å². The van der Waals surface area contributed by atoms with Crippen LogP contribution in [0.1, 0.15) is 20.8 Å². The monoisotopic (exact) mass is 293 g/mol. The second-order valence-electron chi connectivity index (χ2n) is 3.07. The molecule has 0 saturated carbocycles. The average molecular weight is 293 g/mol. The van der Waals surface area contributed by atoms with Gasteiger partial charge in [-0.25, -0.2) is 12.6 Å². The van der Waals surface area contributed by atoms with Crippen molar-refractivity contribution >= 4 is 33.2 Å². The fourth-order valence-corrected chi connectivity index (χ4v) is 3.15. The molecule has 0 spiro atoms. The van der Waals surface area contributed by atoms with Crippen LogP contribution < -0.4 is 0 Å². The molecule has 0 aromatic carbocycles. The van der Waals surface area contributed by atoms with Crippen LogP contribution in [0.25, 0.3) is 0 Å². The molecule has 6 atom stereocenters. The first-order valence-electron chi connectivity index (χ1n) is 4.26. The number of rotatable bonds is 6. The van der Waals surface area contributed by atoms with E-state index < -0.39 is 49.4 Å². The van der Waals surface area contributed by atoms with E-state index >= 15 is 0 Å². The van der Waals surface area contributed by atoms with E-state index in [0.717, 1.165) is 4.90 Å². The molecule has 0 aliphatic carbocycles. The summed E-state index contributed by atoms with van der Waals surface area (Å²) in [5, 5.41) is -3.05. The second kappa shape index (κ2) is 6.89. The van der Waals surface area contributed by atoms with Crippen molar-refractivity contribution in [3.8, 4) is 0 Å². The topological polar surface area (TPSA) is 115 Å². The Labute approximate surface area is 101 Å². The summed E-state index contributed by atoms with van der Waals surface area (Å²) in [6.07, 6.45) is 0. The highest BCUT2D eigenvalue weighted by atomic mass is 32.2. The summed E-state index contributed by atoms with van der Waals surface area (Å²) < 4.78 is 59.5. The lowest BCUT2D eigenvalue weighted by Crippen LogP contribution is -2.50. The van der Waals surface area contributed by atoms with Gasteiger partial charge in [-0.05, 0) is 20.8 Å². The van der Waals surface area contributed by atoms with Gasteiger partial charge in [0.1, 0.15) is 16.1 Å². The van der Waals surface area contributed by atoms with Crippen LogP contribution in [0.3, 0.4) is 0 Å². The molecule has 3 N–H and O–H groups in total. The molecule has 0 aliphatic heterocycles. The molecule has 0 aliphatic rings. The van der Waals surface area contributed by atoms with E-state index in [1.54, 1.807) is 0 Å². The molecule has 0 bridgehead atoms. The van der Waals surface area contributed by atoms with E-state index in [1.807, 2.05) is 0 Å². The van der Waals surface area contributed by atoms with Crippen LogP contribution in [0.4, 0.5) is 0 Å². The molecule has 16 heavy (non-hydrogen) atoms. The molecule has 0 rings (SSSR count). The maximum Gasteiger partial charge on any atom is 0.170 e. The molecule has 0 heterocycles. The lowest BCUT2D eigenvalue weighted by molar-refractivity contribution is 0.222. The standard InChI is InChI=1S/C6H15NO6S3/c1-4(14(8)9)7(5(2)15(10)11)6(3)16(12)13/h4-6H,1-3H3,(H,8,9)(H,10,11)(H,12,13). The van der Waals surface area contributed by atoms with Crippen LogP contribution in [0, 0.1) is 0 Å². The Morgan fingerprint density at radius 2 is 0.938 bits per heavy atom. The van der Waals surface area contributed by atoms with Crippen molar-refractivity contribution in [2.24, 2.45) is 0 Å². The zero-order valence-electron chi connectivity index (χ0n) is 8.97. The van der Waals surface area contributed by atoms with E-state index in [4.69, 9.17) is 13.7 Å². The van der Waals surface area contributed by atoms with Crippen LogP contribution >= 0.6 is 0 Å². The minimum atomic E-state index is -2.28. The van der Waals surface area contributed by atoms with Gasteiger partial charge in [-0.1, -0.05) is 0 Å². The van der Waals surface area contributed by atoms with Gasteiger partial charge in [-0.2, -0.15) is 0 Å². The van der Waals surface area contributed by atoms with E-state index in [-0.39, 0.29) is 0 Å². The SMILES string of the molecule is CC(N(C(C)S(=O)O)C(C)S(=O)O)S(=O)O. The lowest BCUT2D eigenvalue weighted by atomic mass is 10.5. The first-order chi connectivity index (χ1) is 7.20. The summed E-state index contributed by atoms with van der Waals surface area (Å²) in [5.74, 6) is 0. The maximum atomic E-state index is 10.9. The molecule has 7 nitrogen and oxygen atoms in total. The van der Waals surface area contributed by atoms with Crippen molar-refractivity contribution in [2.75, 3.05) is 0 Å². The van der Waals surface area contributed by atoms with E-state index in [2.05, 4.69) is 0 Å². The third-order valence-electron chi connectivity index (χ3n) is 2.13. The third kappa shape index (κ3) is 4.28. The quantitative estimate of drug-likeness (QED) is 0.590. The lowest BCUT2D eigenvalue weighted by Gasteiger charge is -2.33. The van der Waals surface area contributed by atoms with Gasteiger partial charge >= 0.3 is 0 Å². The van der Waals surface area contributed by atoms with E-state index in [9.17, 15) is 12.6 Å². The van der Waals surface area contributed by atoms with Gasteiger partial charge in [-0.15, -0.1) is 0 Å². The molecular formula is C6H15NO6S3. The summed E-state index contributed by atoms with van der Waals surface area (Å²) in [7, 11) is 0. The highest BCUT2D eigenvalue weighted by molar-refractivity contribution is 7.81. The molecule has 6 unspecified atom stereocenters. The van der Waals surface area contributed by atoms with Gasteiger partial charge in [0.25, 0.3) is 0 Å². The van der Waals surface area contributed by atoms with Crippen molar-refractivity contribution in [1.82, 2.24) is 4.90 Å². The second-order valence-corrected chi connectivity index (χ2v) is 6.78. The molecule has 10 heteroatoms. The molecule has 98 valence electrons. The predicted molar refractivity (Wildman–Crippen MR) is 62.5 cm³/mol. The van der Waals surface area contributed by atoms with Gasteiger partial charge in [0.05, 0.1) is 0 Å². The van der Waals surface area contributed by atoms with Gasteiger partial charge < -0.3 is 13.7 Å². The molecule has 0 saturated heterocycles. The van der Waals surface area contributed by atoms with Crippen molar-refractivity contribution < 1.29 is 26.3 Å². The fraction of sp³-hybridized carbons (Fsp3) is 1.00. The van der Waals surface area contributed by atoms with Crippen molar-refractivity contribution in [2.45, 2.75) is 36.9 Å². The Morgan fingerprint density at radius 1 is 0.750 bits per heavy atom. The minimum Gasteiger partial charge on any atom is -0.305 e. The van der Waals surface area contributed by atoms with E-state index in [1.165, 1.54) is 20.8 Å². The summed E-state index contributed by atoms with van der Waals surface area (Å²) in [6, 6.07) is 0. The molecule has 0 amide bonds. The normalized spacial score (nSPS) is 23.4. The smallest absolute Gasteiger partial charge is 0.170 e. The van der Waals surface area contributed by atoms with Crippen LogP contribution in [0.2, 0.25) is 0 Å². The van der Waals surface area contributed by atoms with Crippen LogP contribution in [0.15, 0.2) is 0 Å². The molecule has 0 aromatic heterocycles.